The number of rotatable bonds is 3. The van der Waals surface area contributed by atoms with E-state index in [-0.39, 0.29) is 5.41 Å². The Hall–Kier alpha value is -1.51. The van der Waals surface area contributed by atoms with Crippen molar-refractivity contribution in [3.63, 3.8) is 0 Å². The molecule has 20 heavy (non-hydrogen) atoms. The Bertz CT molecular complexity index is 585. The molecule has 0 amide bonds. The minimum atomic E-state index is 0.136. The maximum absolute atomic E-state index is 6.12. The molecule has 0 atom stereocenters. The lowest BCUT2D eigenvalue weighted by atomic mass is 9.87. The molecule has 2 aromatic rings. The van der Waals surface area contributed by atoms with Gasteiger partial charge in [-0.3, -0.25) is 0 Å². The minimum absolute atomic E-state index is 0.136. The highest BCUT2D eigenvalue weighted by molar-refractivity contribution is 6.31. The lowest BCUT2D eigenvalue weighted by Crippen LogP contribution is -2.10. The van der Waals surface area contributed by atoms with Crippen LogP contribution in [-0.2, 0) is 12.0 Å². The Labute approximate surface area is 125 Å². The second kappa shape index (κ2) is 5.86. The van der Waals surface area contributed by atoms with E-state index in [9.17, 15) is 0 Å². The minimum Gasteiger partial charge on any atom is -0.457 e. The molecule has 0 aromatic heterocycles. The molecular weight excluding hydrogens is 270 g/mol. The second-order valence-electron chi connectivity index (χ2n) is 5.80. The first-order chi connectivity index (χ1) is 9.41. The smallest absolute Gasteiger partial charge is 0.133 e. The van der Waals surface area contributed by atoms with E-state index in [1.165, 1.54) is 5.56 Å². The lowest BCUT2D eigenvalue weighted by molar-refractivity contribution is 0.475. The van der Waals surface area contributed by atoms with Crippen LogP contribution in [0.3, 0.4) is 0 Å². The maximum Gasteiger partial charge on any atom is 0.133 e. The van der Waals surface area contributed by atoms with E-state index in [2.05, 4.69) is 32.9 Å². The summed E-state index contributed by atoms with van der Waals surface area (Å²) in [6, 6.07) is 13.7. The van der Waals surface area contributed by atoms with E-state index >= 15 is 0 Å². The quantitative estimate of drug-likeness (QED) is 0.873. The zero-order chi connectivity index (χ0) is 14.8. The third kappa shape index (κ3) is 3.33. The number of ether oxygens (including phenoxy) is 1. The van der Waals surface area contributed by atoms with Crippen LogP contribution in [0.15, 0.2) is 42.5 Å². The molecule has 0 saturated heterocycles. The van der Waals surface area contributed by atoms with Crippen molar-refractivity contribution < 1.29 is 4.74 Å². The highest BCUT2D eigenvalue weighted by Crippen LogP contribution is 2.31. The molecule has 0 aliphatic rings. The largest absolute Gasteiger partial charge is 0.457 e. The molecule has 0 fully saturated rings. The molecule has 3 heteroatoms. The Kier molecular flexibility index (Phi) is 4.36. The van der Waals surface area contributed by atoms with Gasteiger partial charge in [0, 0.05) is 17.1 Å². The van der Waals surface area contributed by atoms with Gasteiger partial charge in [0.1, 0.15) is 11.5 Å². The third-order valence-electron chi connectivity index (χ3n) is 3.23. The fourth-order valence-corrected chi connectivity index (χ4v) is 2.23. The predicted molar refractivity (Wildman–Crippen MR) is 84.6 cm³/mol. The summed E-state index contributed by atoms with van der Waals surface area (Å²) >= 11 is 6.12. The zero-order valence-corrected chi connectivity index (χ0v) is 12.9. The van der Waals surface area contributed by atoms with E-state index in [0.717, 1.165) is 11.3 Å². The number of halogens is 1. The lowest BCUT2D eigenvalue weighted by Gasteiger charge is -2.19. The van der Waals surface area contributed by atoms with Crippen molar-refractivity contribution in [2.75, 3.05) is 0 Å². The van der Waals surface area contributed by atoms with Crippen molar-refractivity contribution >= 4 is 11.6 Å². The van der Waals surface area contributed by atoms with Crippen LogP contribution in [0, 0.1) is 0 Å². The van der Waals surface area contributed by atoms with Crippen LogP contribution in [0.1, 0.15) is 31.9 Å². The van der Waals surface area contributed by atoms with Gasteiger partial charge in [0.2, 0.25) is 0 Å². The van der Waals surface area contributed by atoms with Crippen LogP contribution in [0.2, 0.25) is 5.02 Å². The molecule has 106 valence electrons. The molecule has 0 spiro atoms. The van der Waals surface area contributed by atoms with Crippen LogP contribution < -0.4 is 10.5 Å². The summed E-state index contributed by atoms with van der Waals surface area (Å²) in [5, 5.41) is 0.635. The summed E-state index contributed by atoms with van der Waals surface area (Å²) in [6.07, 6.45) is 0. The van der Waals surface area contributed by atoms with Crippen molar-refractivity contribution in [1.82, 2.24) is 0 Å². The Balaban J connectivity index is 2.25. The summed E-state index contributed by atoms with van der Waals surface area (Å²) in [6.45, 7) is 6.92. The van der Waals surface area contributed by atoms with Crippen molar-refractivity contribution in [2.45, 2.75) is 32.7 Å². The highest BCUT2D eigenvalue weighted by atomic mass is 35.5. The molecule has 0 unspecified atom stereocenters. The average molecular weight is 290 g/mol. The third-order valence-corrected chi connectivity index (χ3v) is 3.58. The van der Waals surface area contributed by atoms with Gasteiger partial charge in [-0.05, 0) is 35.2 Å². The maximum atomic E-state index is 6.12. The molecule has 2 aromatic carbocycles. The van der Waals surface area contributed by atoms with E-state index in [4.69, 9.17) is 22.1 Å². The molecule has 0 aliphatic heterocycles. The summed E-state index contributed by atoms with van der Waals surface area (Å²) in [5.74, 6) is 1.50. The summed E-state index contributed by atoms with van der Waals surface area (Å²) < 4.78 is 5.88. The van der Waals surface area contributed by atoms with Crippen molar-refractivity contribution in [3.8, 4) is 11.5 Å². The number of hydrogen-bond donors (Lipinski definition) is 1. The van der Waals surface area contributed by atoms with Gasteiger partial charge in [-0.15, -0.1) is 0 Å². The number of hydrogen-bond acceptors (Lipinski definition) is 2. The monoisotopic (exact) mass is 289 g/mol. The van der Waals surface area contributed by atoms with Crippen LogP contribution in [0.25, 0.3) is 0 Å². The normalized spacial score (nSPS) is 11.4. The van der Waals surface area contributed by atoms with Crippen molar-refractivity contribution in [3.05, 3.63) is 58.6 Å². The van der Waals surface area contributed by atoms with Crippen LogP contribution in [0.4, 0.5) is 0 Å². The average Bonchev–Trinajstić information content (AvgIpc) is 2.38. The van der Waals surface area contributed by atoms with Crippen LogP contribution in [-0.4, -0.2) is 0 Å². The van der Waals surface area contributed by atoms with Crippen molar-refractivity contribution in [2.24, 2.45) is 5.73 Å². The summed E-state index contributed by atoms with van der Waals surface area (Å²) in [4.78, 5) is 0. The van der Waals surface area contributed by atoms with Gasteiger partial charge < -0.3 is 10.5 Å². The van der Waals surface area contributed by atoms with Crippen LogP contribution >= 0.6 is 11.6 Å². The van der Waals surface area contributed by atoms with E-state index in [0.29, 0.717) is 17.3 Å². The summed E-state index contributed by atoms with van der Waals surface area (Å²) in [7, 11) is 0. The molecule has 0 saturated carbocycles. The summed E-state index contributed by atoms with van der Waals surface area (Å²) in [5.41, 5.74) is 7.96. The fraction of sp³-hybridized carbons (Fsp3) is 0.294. The Morgan fingerprint density at radius 1 is 1.05 bits per heavy atom. The molecular formula is C17H20ClNO. The molecule has 2 N–H and O–H groups in total. The first-order valence-electron chi connectivity index (χ1n) is 6.67. The molecule has 0 radical (unpaired) electrons. The Morgan fingerprint density at radius 2 is 1.70 bits per heavy atom. The number of benzene rings is 2. The molecule has 2 nitrogen and oxygen atoms in total. The fourth-order valence-electron chi connectivity index (χ4n) is 1.98. The first kappa shape index (κ1) is 14.9. The van der Waals surface area contributed by atoms with E-state index in [1.807, 2.05) is 30.3 Å². The Morgan fingerprint density at radius 3 is 2.25 bits per heavy atom. The standard InChI is InChI=1S/C17H20ClNO/c1-17(2,3)12-7-9-13(10-8-12)20-16-6-4-5-15(18)14(16)11-19/h4-10H,11,19H2,1-3H3. The molecule has 2 rings (SSSR count). The highest BCUT2D eigenvalue weighted by Gasteiger charge is 2.13. The van der Waals surface area contributed by atoms with Gasteiger partial charge in [-0.25, -0.2) is 0 Å². The van der Waals surface area contributed by atoms with Gasteiger partial charge in [-0.2, -0.15) is 0 Å². The topological polar surface area (TPSA) is 35.2 Å². The van der Waals surface area contributed by atoms with E-state index < -0.39 is 0 Å². The van der Waals surface area contributed by atoms with Gasteiger partial charge in [-0.1, -0.05) is 50.6 Å². The van der Waals surface area contributed by atoms with Gasteiger partial charge >= 0.3 is 0 Å². The van der Waals surface area contributed by atoms with Gasteiger partial charge in [0.25, 0.3) is 0 Å². The molecule has 0 bridgehead atoms. The van der Waals surface area contributed by atoms with E-state index in [1.54, 1.807) is 0 Å². The zero-order valence-electron chi connectivity index (χ0n) is 12.1. The SMILES string of the molecule is CC(C)(C)c1ccc(Oc2cccc(Cl)c2CN)cc1. The predicted octanol–water partition coefficient (Wildman–Crippen LogP) is 4.89. The van der Waals surface area contributed by atoms with Crippen LogP contribution in [0.5, 0.6) is 11.5 Å². The second-order valence-corrected chi connectivity index (χ2v) is 6.20. The van der Waals surface area contributed by atoms with Gasteiger partial charge in [0.05, 0.1) is 0 Å². The number of nitrogens with two attached hydrogens (primary N) is 1. The first-order valence-corrected chi connectivity index (χ1v) is 7.05. The van der Waals surface area contributed by atoms with Gasteiger partial charge in [0.15, 0.2) is 0 Å². The molecule has 0 aliphatic carbocycles. The molecule has 0 heterocycles. The van der Waals surface area contributed by atoms with Crippen molar-refractivity contribution in [1.29, 1.82) is 0 Å².